The molecule has 90 valence electrons. The lowest BCUT2D eigenvalue weighted by atomic mass is 9.77. The Labute approximate surface area is 95.0 Å². The molecule has 0 unspecified atom stereocenters. The van der Waals surface area contributed by atoms with Crippen molar-refractivity contribution in [2.75, 3.05) is 0 Å². The first-order valence-corrected chi connectivity index (χ1v) is 6.05. The summed E-state index contributed by atoms with van der Waals surface area (Å²) in [6.45, 7) is 1.98. The average Bonchev–Trinajstić information content (AvgIpc) is 2.25. The van der Waals surface area contributed by atoms with Gasteiger partial charge in [-0.3, -0.25) is 9.59 Å². The van der Waals surface area contributed by atoms with Gasteiger partial charge in [-0.2, -0.15) is 0 Å². The van der Waals surface area contributed by atoms with E-state index in [1.165, 1.54) is 0 Å². The Morgan fingerprint density at radius 1 is 1.44 bits per heavy atom. The normalized spacial score (nSPS) is 39.6. The van der Waals surface area contributed by atoms with Crippen LogP contribution >= 0.6 is 0 Å². The second kappa shape index (κ2) is 4.63. The van der Waals surface area contributed by atoms with E-state index in [-0.39, 0.29) is 17.7 Å². The molecule has 1 heterocycles. The highest BCUT2D eigenvalue weighted by Crippen LogP contribution is 2.33. The topological polar surface area (TPSA) is 63.6 Å². The second-order valence-electron chi connectivity index (χ2n) is 4.69. The number of hydrogen-bond donors (Lipinski definition) is 1. The quantitative estimate of drug-likeness (QED) is 0.709. The Kier molecular flexibility index (Phi) is 3.40. The number of ether oxygens (including phenoxy) is 1. The molecule has 4 heteroatoms. The number of carbonyl (C=O) groups is 2. The highest BCUT2D eigenvalue weighted by molar-refractivity contribution is 6.05. The van der Waals surface area contributed by atoms with Crippen LogP contribution in [0, 0.1) is 5.92 Å². The molecule has 0 aromatic carbocycles. The summed E-state index contributed by atoms with van der Waals surface area (Å²) in [5.41, 5.74) is 0. The van der Waals surface area contributed by atoms with Crippen LogP contribution in [0.1, 0.15) is 39.0 Å². The van der Waals surface area contributed by atoms with Gasteiger partial charge in [-0.05, 0) is 19.3 Å². The van der Waals surface area contributed by atoms with E-state index in [1.54, 1.807) is 0 Å². The molecule has 0 radical (unpaired) electrons. The van der Waals surface area contributed by atoms with Crippen LogP contribution in [-0.4, -0.2) is 35.0 Å². The minimum absolute atomic E-state index is 0.0600. The van der Waals surface area contributed by atoms with Crippen molar-refractivity contribution in [2.24, 2.45) is 5.92 Å². The Bertz CT molecular complexity index is 299. The highest BCUT2D eigenvalue weighted by Gasteiger charge is 2.48. The SMILES string of the molecule is CCC[C@H]1O[C@@H]2CCCC(=O)[C@H]2C(=O)[C@@H]1O. The summed E-state index contributed by atoms with van der Waals surface area (Å²) in [7, 11) is 0. The molecule has 2 rings (SSSR count). The van der Waals surface area contributed by atoms with Crippen molar-refractivity contribution in [3.8, 4) is 0 Å². The maximum Gasteiger partial charge on any atom is 0.176 e. The van der Waals surface area contributed by atoms with Crippen LogP contribution in [0.5, 0.6) is 0 Å². The van der Waals surface area contributed by atoms with Crippen LogP contribution in [0.25, 0.3) is 0 Å². The van der Waals surface area contributed by atoms with E-state index in [9.17, 15) is 14.7 Å². The number of aliphatic hydroxyl groups excluding tert-OH is 1. The third kappa shape index (κ3) is 1.92. The fourth-order valence-corrected chi connectivity index (χ4v) is 2.67. The van der Waals surface area contributed by atoms with Crippen molar-refractivity contribution in [3.63, 3.8) is 0 Å². The molecule has 0 amide bonds. The summed E-state index contributed by atoms with van der Waals surface area (Å²) in [5.74, 6) is -1.08. The van der Waals surface area contributed by atoms with Crippen LogP contribution in [0.4, 0.5) is 0 Å². The fourth-order valence-electron chi connectivity index (χ4n) is 2.67. The largest absolute Gasteiger partial charge is 0.383 e. The zero-order chi connectivity index (χ0) is 11.7. The molecule has 1 aliphatic heterocycles. The number of Topliss-reactive ketones (excluding diaryl/α,β-unsaturated/α-hetero) is 2. The van der Waals surface area contributed by atoms with Crippen LogP contribution in [0.15, 0.2) is 0 Å². The van der Waals surface area contributed by atoms with Gasteiger partial charge in [0.2, 0.25) is 0 Å². The van der Waals surface area contributed by atoms with Crippen molar-refractivity contribution < 1.29 is 19.4 Å². The predicted octanol–water partition coefficient (Wildman–Crippen LogP) is 0.853. The minimum Gasteiger partial charge on any atom is -0.383 e. The molecule has 2 aliphatic rings. The van der Waals surface area contributed by atoms with E-state index in [4.69, 9.17) is 4.74 Å². The fraction of sp³-hybridized carbons (Fsp3) is 0.833. The van der Waals surface area contributed by atoms with Gasteiger partial charge in [-0.1, -0.05) is 13.3 Å². The van der Waals surface area contributed by atoms with Gasteiger partial charge in [0, 0.05) is 6.42 Å². The van der Waals surface area contributed by atoms with Gasteiger partial charge in [0.25, 0.3) is 0 Å². The third-order valence-electron chi connectivity index (χ3n) is 3.50. The summed E-state index contributed by atoms with van der Waals surface area (Å²) < 4.78 is 5.69. The zero-order valence-corrected chi connectivity index (χ0v) is 9.52. The Morgan fingerprint density at radius 2 is 2.19 bits per heavy atom. The van der Waals surface area contributed by atoms with Crippen LogP contribution in [0.2, 0.25) is 0 Å². The monoisotopic (exact) mass is 226 g/mol. The van der Waals surface area contributed by atoms with Gasteiger partial charge in [0.15, 0.2) is 5.78 Å². The summed E-state index contributed by atoms with van der Waals surface area (Å²) in [6, 6.07) is 0. The summed E-state index contributed by atoms with van der Waals surface area (Å²) in [5, 5.41) is 9.80. The van der Waals surface area contributed by atoms with Crippen molar-refractivity contribution in [1.29, 1.82) is 0 Å². The summed E-state index contributed by atoms with van der Waals surface area (Å²) in [4.78, 5) is 23.5. The first-order chi connectivity index (χ1) is 7.65. The molecule has 1 aliphatic carbocycles. The van der Waals surface area contributed by atoms with Crippen molar-refractivity contribution in [3.05, 3.63) is 0 Å². The molecule has 0 bridgehead atoms. The lowest BCUT2D eigenvalue weighted by Gasteiger charge is -2.40. The molecule has 0 aromatic rings. The van der Waals surface area contributed by atoms with Crippen molar-refractivity contribution >= 4 is 11.6 Å². The first-order valence-electron chi connectivity index (χ1n) is 6.05. The van der Waals surface area contributed by atoms with E-state index in [0.717, 1.165) is 19.3 Å². The average molecular weight is 226 g/mol. The smallest absolute Gasteiger partial charge is 0.176 e. The summed E-state index contributed by atoms with van der Waals surface area (Å²) >= 11 is 0. The van der Waals surface area contributed by atoms with E-state index >= 15 is 0 Å². The van der Waals surface area contributed by atoms with E-state index in [1.807, 2.05) is 6.92 Å². The number of ketones is 2. The standard InChI is InChI=1S/C12H18O4/c1-2-4-9-11(14)12(15)10-7(13)5-3-6-8(10)16-9/h8-11,14H,2-6H2,1H3/t8-,9-,10-,11-/m1/s1. The highest BCUT2D eigenvalue weighted by atomic mass is 16.5. The Hall–Kier alpha value is -0.740. The maximum atomic E-state index is 11.9. The molecule has 2 fully saturated rings. The minimum atomic E-state index is -1.11. The molecule has 1 saturated heterocycles. The molecule has 16 heavy (non-hydrogen) atoms. The number of fused-ring (bicyclic) bond motifs is 1. The summed E-state index contributed by atoms with van der Waals surface area (Å²) in [6.07, 6.45) is 1.73. The Balaban J connectivity index is 2.15. The van der Waals surface area contributed by atoms with Crippen LogP contribution < -0.4 is 0 Å². The van der Waals surface area contributed by atoms with Gasteiger partial charge in [0.05, 0.1) is 12.2 Å². The van der Waals surface area contributed by atoms with Gasteiger partial charge in [-0.25, -0.2) is 0 Å². The first kappa shape index (κ1) is 11.7. The van der Waals surface area contributed by atoms with Crippen molar-refractivity contribution in [2.45, 2.75) is 57.3 Å². The molecular formula is C12H18O4. The number of carbonyl (C=O) groups excluding carboxylic acids is 2. The van der Waals surface area contributed by atoms with E-state index in [2.05, 4.69) is 0 Å². The van der Waals surface area contributed by atoms with Crippen LogP contribution in [-0.2, 0) is 14.3 Å². The molecule has 4 nitrogen and oxygen atoms in total. The van der Waals surface area contributed by atoms with Gasteiger partial charge in [0.1, 0.15) is 17.8 Å². The van der Waals surface area contributed by atoms with E-state index in [0.29, 0.717) is 12.8 Å². The molecule has 1 N–H and O–H groups in total. The zero-order valence-electron chi connectivity index (χ0n) is 9.52. The number of hydrogen-bond acceptors (Lipinski definition) is 4. The number of rotatable bonds is 2. The Morgan fingerprint density at radius 3 is 2.88 bits per heavy atom. The third-order valence-corrected chi connectivity index (χ3v) is 3.50. The van der Waals surface area contributed by atoms with Gasteiger partial charge >= 0.3 is 0 Å². The predicted molar refractivity (Wildman–Crippen MR) is 56.9 cm³/mol. The lowest BCUT2D eigenvalue weighted by molar-refractivity contribution is -0.178. The number of aliphatic hydroxyl groups is 1. The molecule has 1 saturated carbocycles. The molecule has 0 spiro atoms. The van der Waals surface area contributed by atoms with Gasteiger partial charge in [-0.15, -0.1) is 0 Å². The molecule has 0 aromatic heterocycles. The maximum absolute atomic E-state index is 11.9. The second-order valence-corrected chi connectivity index (χ2v) is 4.69. The molecular weight excluding hydrogens is 208 g/mol. The van der Waals surface area contributed by atoms with Crippen molar-refractivity contribution in [1.82, 2.24) is 0 Å². The van der Waals surface area contributed by atoms with Gasteiger partial charge < -0.3 is 9.84 Å². The van der Waals surface area contributed by atoms with Crippen LogP contribution in [0.3, 0.4) is 0 Å². The van der Waals surface area contributed by atoms with E-state index < -0.39 is 18.1 Å². The molecule has 4 atom stereocenters. The lowest BCUT2D eigenvalue weighted by Crippen LogP contribution is -2.55.